The van der Waals surface area contributed by atoms with Crippen LogP contribution in [0.2, 0.25) is 0 Å². The summed E-state index contributed by atoms with van der Waals surface area (Å²) < 4.78 is 0. The van der Waals surface area contributed by atoms with Gasteiger partial charge in [0.1, 0.15) is 5.78 Å². The number of allylic oxidation sites excluding steroid dienone is 3. The Bertz CT molecular complexity index is 1820. The Morgan fingerprint density at radius 1 is 0.852 bits per heavy atom. The molecule has 2 N–H and O–H groups in total. The number of Topliss-reactive ketones (excluding diaryl/α,β-unsaturated/α-hetero) is 2. The third-order valence-electron chi connectivity index (χ3n) is 20.4. The summed E-state index contributed by atoms with van der Waals surface area (Å²) in [6.45, 7) is 25.1. The molecule has 2 saturated heterocycles. The Morgan fingerprint density at radius 3 is 2.23 bits per heavy atom. The number of aliphatic hydroxyl groups excluding tert-OH is 1. The van der Waals surface area contributed by atoms with Crippen molar-refractivity contribution >= 4 is 17.3 Å². The van der Waals surface area contributed by atoms with Gasteiger partial charge < -0.3 is 20.2 Å². The van der Waals surface area contributed by atoms with Crippen LogP contribution >= 0.6 is 0 Å². The van der Waals surface area contributed by atoms with Gasteiger partial charge in [-0.15, -0.1) is 0 Å². The van der Waals surface area contributed by atoms with E-state index in [1.807, 2.05) is 0 Å². The van der Waals surface area contributed by atoms with Crippen molar-refractivity contribution in [2.75, 3.05) is 37.6 Å². The van der Waals surface area contributed by atoms with Crippen molar-refractivity contribution in [3.05, 3.63) is 53.3 Å². The van der Waals surface area contributed by atoms with Gasteiger partial charge in [0.25, 0.3) is 0 Å². The van der Waals surface area contributed by atoms with Crippen LogP contribution < -0.4 is 10.2 Å². The highest BCUT2D eigenvalue weighted by Crippen LogP contribution is 2.72. The standard InChI is InChI=1S/C55H83N3O3/c1-35(2)51-49(61)33-55(25-26-56-34-39-11-13-41(14-12-39)58-29-20-42(21-30-58)57-27-9-8-10-28-57)24-19-47-43(52(51)55)15-16-50-53(6)22-17-40(36(3)46(53)18-23-54(47,50)7)31-48(60)45-32-44(37(45)4)38(5)59/h11-14,35-37,40,42-47,50,56,59H,5,8-10,15-34H2,1-4,6-7H3. The van der Waals surface area contributed by atoms with Crippen LogP contribution in [-0.2, 0) is 16.1 Å². The number of carbonyl (C=O) groups is 2. The fourth-order valence-corrected chi connectivity index (χ4v) is 16.9. The summed E-state index contributed by atoms with van der Waals surface area (Å²) in [5.41, 5.74) is 6.24. The molecule has 7 fully saturated rings. The summed E-state index contributed by atoms with van der Waals surface area (Å²) in [7, 11) is 0. The molecular formula is C55H83N3O3. The molecule has 6 heteroatoms. The van der Waals surface area contributed by atoms with Gasteiger partial charge in [-0.3, -0.25) is 9.59 Å². The molecule has 12 unspecified atom stereocenters. The molecule has 6 nitrogen and oxygen atoms in total. The van der Waals surface area contributed by atoms with E-state index >= 15 is 0 Å². The van der Waals surface area contributed by atoms with Gasteiger partial charge in [0.05, 0.1) is 5.76 Å². The molecule has 0 aromatic heterocycles. The zero-order valence-corrected chi connectivity index (χ0v) is 39.3. The number of hydrogen-bond acceptors (Lipinski definition) is 6. The number of piperidine rings is 2. The van der Waals surface area contributed by atoms with E-state index in [1.165, 1.54) is 126 Å². The lowest BCUT2D eigenvalue weighted by Gasteiger charge is -2.67. The minimum Gasteiger partial charge on any atom is -0.513 e. The third-order valence-corrected chi connectivity index (χ3v) is 20.4. The van der Waals surface area contributed by atoms with Crippen molar-refractivity contribution in [1.82, 2.24) is 10.2 Å². The number of ketones is 2. The van der Waals surface area contributed by atoms with Crippen molar-refractivity contribution in [2.45, 2.75) is 163 Å². The topological polar surface area (TPSA) is 72.9 Å². The van der Waals surface area contributed by atoms with E-state index in [4.69, 9.17) is 0 Å². The lowest BCUT2D eigenvalue weighted by molar-refractivity contribution is -0.172. The maximum Gasteiger partial charge on any atom is 0.159 e. The summed E-state index contributed by atoms with van der Waals surface area (Å²) in [5, 5.41) is 13.8. The molecule has 0 spiro atoms. The Balaban J connectivity index is 0.823. The van der Waals surface area contributed by atoms with Crippen molar-refractivity contribution in [3.63, 3.8) is 0 Å². The van der Waals surface area contributed by atoms with Crippen LogP contribution in [0.3, 0.4) is 0 Å². The zero-order valence-electron chi connectivity index (χ0n) is 39.3. The highest BCUT2D eigenvalue weighted by atomic mass is 16.3. The van der Waals surface area contributed by atoms with Crippen LogP contribution in [0.25, 0.3) is 0 Å². The molecule has 336 valence electrons. The highest BCUT2D eigenvalue weighted by Gasteiger charge is 2.64. The first-order valence-corrected chi connectivity index (χ1v) is 25.7. The lowest BCUT2D eigenvalue weighted by Crippen LogP contribution is -2.60. The summed E-state index contributed by atoms with van der Waals surface area (Å²) in [4.78, 5) is 33.1. The van der Waals surface area contributed by atoms with E-state index in [0.717, 1.165) is 44.8 Å². The first-order valence-electron chi connectivity index (χ1n) is 25.7. The van der Waals surface area contributed by atoms with Gasteiger partial charge in [-0.25, -0.2) is 0 Å². The number of aliphatic hydroxyl groups is 1. The van der Waals surface area contributed by atoms with Crippen molar-refractivity contribution in [2.24, 2.45) is 75.4 Å². The van der Waals surface area contributed by atoms with Gasteiger partial charge in [-0.2, -0.15) is 0 Å². The second kappa shape index (κ2) is 17.2. The van der Waals surface area contributed by atoms with Crippen molar-refractivity contribution in [1.29, 1.82) is 0 Å². The molecule has 0 bridgehead atoms. The SMILES string of the molecule is C=C(O)C1CC(C(=O)CC2CCC3(C)C(CCC4(C)C5CCC6(CCNCc7ccc(N8CCC(N9CCCCC9)CC8)cc7)CC(=O)C(C(C)C)=C6C5CCC43)C2C)C1C. The second-order valence-corrected chi connectivity index (χ2v) is 23.4. The largest absolute Gasteiger partial charge is 0.513 e. The van der Waals surface area contributed by atoms with E-state index in [9.17, 15) is 14.7 Å². The van der Waals surface area contributed by atoms with Gasteiger partial charge in [0, 0.05) is 61.5 Å². The molecule has 61 heavy (non-hydrogen) atoms. The molecule has 5 saturated carbocycles. The van der Waals surface area contributed by atoms with Gasteiger partial charge in [0.15, 0.2) is 5.78 Å². The first kappa shape index (κ1) is 43.8. The quantitative estimate of drug-likeness (QED) is 0.161. The molecule has 1 aromatic carbocycles. The Kier molecular flexibility index (Phi) is 12.3. The average molecular weight is 834 g/mol. The van der Waals surface area contributed by atoms with Crippen molar-refractivity contribution in [3.8, 4) is 0 Å². The molecule has 2 aliphatic heterocycles. The second-order valence-electron chi connectivity index (χ2n) is 23.4. The van der Waals surface area contributed by atoms with E-state index in [1.54, 1.807) is 5.57 Å². The highest BCUT2D eigenvalue weighted by molar-refractivity contribution is 6.00. The number of anilines is 1. The normalized spacial score (nSPS) is 40.5. The van der Waals surface area contributed by atoms with Gasteiger partial charge in [0.2, 0.25) is 0 Å². The van der Waals surface area contributed by atoms with Gasteiger partial charge >= 0.3 is 0 Å². The number of hydrogen-bond donors (Lipinski definition) is 2. The number of rotatable bonds is 12. The molecule has 2 heterocycles. The van der Waals surface area contributed by atoms with Crippen LogP contribution in [0.5, 0.6) is 0 Å². The van der Waals surface area contributed by atoms with Crippen LogP contribution in [-0.4, -0.2) is 60.3 Å². The molecule has 0 radical (unpaired) electrons. The zero-order chi connectivity index (χ0) is 42.8. The predicted octanol–water partition coefficient (Wildman–Crippen LogP) is 11.7. The Hall–Kier alpha value is -2.44. The van der Waals surface area contributed by atoms with E-state index < -0.39 is 0 Å². The fraction of sp³-hybridized carbons (Fsp3) is 0.782. The third kappa shape index (κ3) is 7.74. The predicted molar refractivity (Wildman–Crippen MR) is 249 cm³/mol. The summed E-state index contributed by atoms with van der Waals surface area (Å²) in [6, 6.07) is 10.2. The molecule has 12 atom stereocenters. The van der Waals surface area contributed by atoms with Gasteiger partial charge in [-0.1, -0.05) is 72.2 Å². The van der Waals surface area contributed by atoms with Gasteiger partial charge in [-0.05, 0) is 191 Å². The maximum absolute atomic E-state index is 14.1. The van der Waals surface area contributed by atoms with Crippen LogP contribution in [0, 0.1) is 75.4 Å². The number of fused-ring (bicyclic) bond motifs is 7. The lowest BCUT2D eigenvalue weighted by atomic mass is 9.37. The summed E-state index contributed by atoms with van der Waals surface area (Å²) >= 11 is 0. The number of benzene rings is 1. The number of carbonyl (C=O) groups excluding carboxylic acids is 2. The number of nitrogens with zero attached hydrogens (tertiary/aromatic N) is 2. The number of likely N-dealkylation sites (tertiary alicyclic amines) is 1. The van der Waals surface area contributed by atoms with Crippen molar-refractivity contribution < 1.29 is 14.7 Å². The van der Waals surface area contributed by atoms with E-state index in [-0.39, 0.29) is 28.9 Å². The molecule has 6 aliphatic carbocycles. The molecule has 8 aliphatic rings. The smallest absolute Gasteiger partial charge is 0.159 e. The molecule has 9 rings (SSSR count). The maximum atomic E-state index is 14.1. The Labute approximate surface area is 370 Å². The molecule has 0 amide bonds. The summed E-state index contributed by atoms with van der Waals surface area (Å²) in [6.07, 6.45) is 20.1. The molecule has 1 aromatic rings. The van der Waals surface area contributed by atoms with E-state index in [0.29, 0.717) is 63.8 Å². The fourth-order valence-electron chi connectivity index (χ4n) is 16.9. The number of nitrogens with one attached hydrogen (secondary N) is 1. The monoisotopic (exact) mass is 834 g/mol. The Morgan fingerprint density at radius 2 is 1.54 bits per heavy atom. The first-order chi connectivity index (χ1) is 29.2. The van der Waals surface area contributed by atoms with Crippen LogP contribution in [0.4, 0.5) is 5.69 Å². The average Bonchev–Trinajstić information content (AvgIpc) is 3.55. The summed E-state index contributed by atoms with van der Waals surface area (Å²) in [5.74, 6) is 5.53. The minimum atomic E-state index is 0.0286. The van der Waals surface area contributed by atoms with Crippen LogP contribution in [0.15, 0.2) is 47.7 Å². The molecular weight excluding hydrogens is 751 g/mol. The van der Waals surface area contributed by atoms with Crippen LogP contribution in [0.1, 0.15) is 156 Å². The minimum absolute atomic E-state index is 0.0286. The van der Waals surface area contributed by atoms with E-state index in [2.05, 4.69) is 87.5 Å².